The Morgan fingerprint density at radius 2 is 2.16 bits per heavy atom. The summed E-state index contributed by atoms with van der Waals surface area (Å²) in [4.78, 5) is 11.8. The lowest BCUT2D eigenvalue weighted by Gasteiger charge is -2.09. The molecule has 104 valence electrons. The minimum atomic E-state index is -0.326. The second kappa shape index (κ2) is 6.94. The first-order valence-electron chi connectivity index (χ1n) is 6.83. The molecule has 0 aromatic heterocycles. The van der Waals surface area contributed by atoms with Gasteiger partial charge in [-0.05, 0) is 37.5 Å². The average Bonchev–Trinajstić information content (AvgIpc) is 2.91. The molecule has 1 saturated carbocycles. The summed E-state index contributed by atoms with van der Waals surface area (Å²) < 4.78 is 13.3. The van der Waals surface area contributed by atoms with Crippen molar-refractivity contribution in [3.05, 3.63) is 35.1 Å². The molecule has 1 aliphatic carbocycles. The fourth-order valence-corrected chi connectivity index (χ4v) is 3.50. The Bertz CT molecular complexity index is 444. The quantitative estimate of drug-likeness (QED) is 0.836. The summed E-state index contributed by atoms with van der Waals surface area (Å²) in [6.07, 6.45) is 5.29. The van der Waals surface area contributed by atoms with Crippen LogP contribution in [0.3, 0.4) is 0 Å². The predicted octanol–water partition coefficient (Wildman–Crippen LogP) is 3.54. The van der Waals surface area contributed by atoms with Crippen molar-refractivity contribution in [2.75, 3.05) is 12.3 Å². The van der Waals surface area contributed by atoms with Gasteiger partial charge >= 0.3 is 0 Å². The van der Waals surface area contributed by atoms with Crippen molar-refractivity contribution in [3.8, 4) is 0 Å². The minimum Gasteiger partial charge on any atom is -0.351 e. The molecule has 0 saturated heterocycles. The van der Waals surface area contributed by atoms with E-state index in [0.717, 1.165) is 11.0 Å². The summed E-state index contributed by atoms with van der Waals surface area (Å²) in [5, 5.41) is 3.62. The molecule has 1 aromatic rings. The fourth-order valence-electron chi connectivity index (χ4n) is 2.28. The minimum absolute atomic E-state index is 0.189. The van der Waals surface area contributed by atoms with Crippen molar-refractivity contribution in [1.29, 1.82) is 0 Å². The van der Waals surface area contributed by atoms with Crippen LogP contribution in [-0.2, 0) is 0 Å². The number of carbonyl (C=O) groups excluding carboxylic acids is 1. The lowest BCUT2D eigenvalue weighted by Crippen LogP contribution is -2.26. The van der Waals surface area contributed by atoms with Crippen molar-refractivity contribution >= 4 is 17.7 Å². The van der Waals surface area contributed by atoms with Gasteiger partial charge in [0.1, 0.15) is 5.82 Å². The lowest BCUT2D eigenvalue weighted by atomic mass is 10.1. The van der Waals surface area contributed by atoms with Crippen LogP contribution in [0.2, 0.25) is 0 Å². The molecule has 0 spiro atoms. The van der Waals surface area contributed by atoms with Gasteiger partial charge < -0.3 is 5.32 Å². The molecule has 1 N–H and O–H groups in total. The Hall–Kier alpha value is -1.03. The van der Waals surface area contributed by atoms with E-state index >= 15 is 0 Å². The third kappa shape index (κ3) is 4.23. The van der Waals surface area contributed by atoms with E-state index in [1.165, 1.54) is 31.7 Å². The summed E-state index contributed by atoms with van der Waals surface area (Å²) in [5.74, 6) is 0.420. The molecular formula is C15H20FNOS. The van der Waals surface area contributed by atoms with E-state index in [1.54, 1.807) is 19.1 Å². The molecule has 0 atom stereocenters. The van der Waals surface area contributed by atoms with Crippen LogP contribution in [0.15, 0.2) is 18.2 Å². The summed E-state index contributed by atoms with van der Waals surface area (Å²) in [6.45, 7) is 2.34. The molecule has 0 aliphatic heterocycles. The highest BCUT2D eigenvalue weighted by Gasteiger charge is 2.15. The van der Waals surface area contributed by atoms with Crippen molar-refractivity contribution < 1.29 is 9.18 Å². The van der Waals surface area contributed by atoms with E-state index in [1.807, 2.05) is 11.8 Å². The maximum atomic E-state index is 13.3. The van der Waals surface area contributed by atoms with Crippen LogP contribution in [-0.4, -0.2) is 23.5 Å². The van der Waals surface area contributed by atoms with Crippen molar-refractivity contribution in [3.63, 3.8) is 0 Å². The van der Waals surface area contributed by atoms with Gasteiger partial charge in [0.15, 0.2) is 0 Å². The third-order valence-corrected chi connectivity index (χ3v) is 4.86. The molecule has 0 radical (unpaired) electrons. The van der Waals surface area contributed by atoms with Crippen LogP contribution in [0.4, 0.5) is 4.39 Å². The van der Waals surface area contributed by atoms with Crippen LogP contribution in [0.5, 0.6) is 0 Å². The number of amides is 1. The first-order valence-corrected chi connectivity index (χ1v) is 7.87. The first-order chi connectivity index (χ1) is 9.16. The SMILES string of the molecule is Cc1ccc(C(=O)NCCSC2CCCC2)cc1F. The highest BCUT2D eigenvalue weighted by atomic mass is 32.2. The van der Waals surface area contributed by atoms with E-state index in [2.05, 4.69) is 5.32 Å². The number of thioether (sulfide) groups is 1. The third-order valence-electron chi connectivity index (χ3n) is 3.48. The van der Waals surface area contributed by atoms with E-state index in [9.17, 15) is 9.18 Å². The molecule has 1 fully saturated rings. The monoisotopic (exact) mass is 281 g/mol. The Kier molecular flexibility index (Phi) is 5.25. The van der Waals surface area contributed by atoms with E-state index < -0.39 is 0 Å². The molecule has 0 unspecified atom stereocenters. The zero-order valence-electron chi connectivity index (χ0n) is 11.2. The number of hydrogen-bond donors (Lipinski definition) is 1. The van der Waals surface area contributed by atoms with E-state index in [4.69, 9.17) is 0 Å². The fraction of sp³-hybridized carbons (Fsp3) is 0.533. The molecule has 1 amide bonds. The summed E-state index contributed by atoms with van der Waals surface area (Å²) in [7, 11) is 0. The Balaban J connectivity index is 1.72. The molecule has 0 heterocycles. The molecular weight excluding hydrogens is 261 g/mol. The normalized spacial score (nSPS) is 15.7. The first kappa shape index (κ1) is 14.4. The van der Waals surface area contributed by atoms with Gasteiger partial charge in [-0.15, -0.1) is 0 Å². The Labute approximate surface area is 118 Å². The van der Waals surface area contributed by atoms with Crippen LogP contribution >= 0.6 is 11.8 Å². The number of rotatable bonds is 5. The second-order valence-corrected chi connectivity index (χ2v) is 6.41. The van der Waals surface area contributed by atoms with E-state index in [-0.39, 0.29) is 11.7 Å². The molecule has 1 aromatic carbocycles. The lowest BCUT2D eigenvalue weighted by molar-refractivity contribution is 0.0955. The number of aryl methyl sites for hydroxylation is 1. The van der Waals surface area contributed by atoms with Gasteiger partial charge in [0.25, 0.3) is 5.91 Å². The summed E-state index contributed by atoms with van der Waals surface area (Å²) in [6, 6.07) is 4.60. The van der Waals surface area contributed by atoms with Gasteiger partial charge in [-0.3, -0.25) is 4.79 Å². The highest BCUT2D eigenvalue weighted by Crippen LogP contribution is 2.28. The molecule has 2 nitrogen and oxygen atoms in total. The largest absolute Gasteiger partial charge is 0.351 e. The van der Waals surface area contributed by atoms with Crippen LogP contribution < -0.4 is 5.32 Å². The van der Waals surface area contributed by atoms with Crippen molar-refractivity contribution in [2.24, 2.45) is 0 Å². The summed E-state index contributed by atoms with van der Waals surface area (Å²) >= 11 is 1.94. The van der Waals surface area contributed by atoms with Crippen molar-refractivity contribution in [1.82, 2.24) is 5.32 Å². The van der Waals surface area contributed by atoms with E-state index in [0.29, 0.717) is 17.7 Å². The zero-order valence-corrected chi connectivity index (χ0v) is 12.1. The Morgan fingerprint density at radius 1 is 1.42 bits per heavy atom. The second-order valence-electron chi connectivity index (χ2n) is 5.00. The van der Waals surface area contributed by atoms with Gasteiger partial charge in [-0.2, -0.15) is 11.8 Å². The standard InChI is InChI=1S/C15H20FNOS/c1-11-6-7-12(10-14(11)16)15(18)17-8-9-19-13-4-2-3-5-13/h6-7,10,13H,2-5,8-9H2,1H3,(H,17,18). The van der Waals surface area contributed by atoms with Gasteiger partial charge in [-0.1, -0.05) is 18.9 Å². The molecule has 1 aliphatic rings. The molecule has 19 heavy (non-hydrogen) atoms. The average molecular weight is 281 g/mol. The van der Waals surface area contributed by atoms with Crippen LogP contribution in [0, 0.1) is 12.7 Å². The molecule has 4 heteroatoms. The topological polar surface area (TPSA) is 29.1 Å². The van der Waals surface area contributed by atoms with Crippen LogP contribution in [0.1, 0.15) is 41.6 Å². The number of carbonyl (C=O) groups is 1. The summed E-state index contributed by atoms with van der Waals surface area (Å²) in [5.41, 5.74) is 0.960. The van der Waals surface area contributed by atoms with Gasteiger partial charge in [0.2, 0.25) is 0 Å². The zero-order chi connectivity index (χ0) is 13.7. The molecule has 0 bridgehead atoms. The van der Waals surface area contributed by atoms with Crippen molar-refractivity contribution in [2.45, 2.75) is 37.9 Å². The smallest absolute Gasteiger partial charge is 0.251 e. The maximum Gasteiger partial charge on any atom is 0.251 e. The van der Waals surface area contributed by atoms with Crippen LogP contribution in [0.25, 0.3) is 0 Å². The number of benzene rings is 1. The van der Waals surface area contributed by atoms with Gasteiger partial charge in [0.05, 0.1) is 0 Å². The van der Waals surface area contributed by atoms with Gasteiger partial charge in [-0.25, -0.2) is 4.39 Å². The number of halogens is 1. The number of hydrogen-bond acceptors (Lipinski definition) is 2. The highest BCUT2D eigenvalue weighted by molar-refractivity contribution is 7.99. The predicted molar refractivity (Wildman–Crippen MR) is 78.2 cm³/mol. The maximum absolute atomic E-state index is 13.3. The molecule has 2 rings (SSSR count). The number of nitrogens with one attached hydrogen (secondary N) is 1. The Morgan fingerprint density at radius 3 is 2.84 bits per heavy atom. The van der Waals surface area contributed by atoms with Gasteiger partial charge in [0, 0.05) is 23.1 Å².